The van der Waals surface area contributed by atoms with Gasteiger partial charge in [-0.2, -0.15) is 0 Å². The van der Waals surface area contributed by atoms with Gasteiger partial charge in [0.15, 0.2) is 0 Å². The predicted octanol–water partition coefficient (Wildman–Crippen LogP) is 2.49. The van der Waals surface area contributed by atoms with E-state index in [1.807, 2.05) is 0 Å². The first-order valence-corrected chi connectivity index (χ1v) is 7.09. The van der Waals surface area contributed by atoms with Crippen molar-refractivity contribution in [1.29, 1.82) is 0 Å². The summed E-state index contributed by atoms with van der Waals surface area (Å²) in [6, 6.07) is 4.41. The Balaban J connectivity index is 1.82. The van der Waals surface area contributed by atoms with Gasteiger partial charge < -0.3 is 4.74 Å². The predicted molar refractivity (Wildman–Crippen MR) is 71.7 cm³/mol. The van der Waals surface area contributed by atoms with E-state index >= 15 is 0 Å². The third-order valence-corrected chi connectivity index (χ3v) is 4.09. The molecule has 2 aliphatic rings. The van der Waals surface area contributed by atoms with Gasteiger partial charge in [0, 0.05) is 24.8 Å². The standard InChI is InChI=1S/C15H22N2O/c1-12-4-5-14(13-6-9-18-11-13)15(16-12)10-17-7-2-3-8-17/h4-5,13H,2-3,6-11H2,1H3/t13-/m1/s1. The zero-order valence-electron chi connectivity index (χ0n) is 11.2. The molecule has 1 aromatic heterocycles. The highest BCUT2D eigenvalue weighted by molar-refractivity contribution is 5.27. The summed E-state index contributed by atoms with van der Waals surface area (Å²) in [5.41, 5.74) is 3.84. The fraction of sp³-hybridized carbons (Fsp3) is 0.667. The van der Waals surface area contributed by atoms with E-state index in [1.165, 1.54) is 37.2 Å². The van der Waals surface area contributed by atoms with Crippen LogP contribution in [-0.2, 0) is 11.3 Å². The minimum Gasteiger partial charge on any atom is -0.381 e. The maximum atomic E-state index is 5.53. The van der Waals surface area contributed by atoms with Gasteiger partial charge in [-0.1, -0.05) is 6.07 Å². The monoisotopic (exact) mass is 246 g/mol. The van der Waals surface area contributed by atoms with Gasteiger partial charge in [0.1, 0.15) is 0 Å². The van der Waals surface area contributed by atoms with Gasteiger partial charge in [-0.15, -0.1) is 0 Å². The molecule has 2 saturated heterocycles. The molecule has 0 aromatic carbocycles. The van der Waals surface area contributed by atoms with Crippen LogP contribution >= 0.6 is 0 Å². The summed E-state index contributed by atoms with van der Waals surface area (Å²) >= 11 is 0. The Morgan fingerprint density at radius 1 is 1.33 bits per heavy atom. The van der Waals surface area contributed by atoms with Crippen LogP contribution < -0.4 is 0 Å². The summed E-state index contributed by atoms with van der Waals surface area (Å²) in [6.07, 6.45) is 3.83. The first-order chi connectivity index (χ1) is 8.83. The zero-order chi connectivity index (χ0) is 12.4. The lowest BCUT2D eigenvalue weighted by Crippen LogP contribution is -2.21. The Morgan fingerprint density at radius 3 is 2.89 bits per heavy atom. The van der Waals surface area contributed by atoms with Crippen molar-refractivity contribution in [2.45, 2.75) is 38.6 Å². The highest BCUT2D eigenvalue weighted by atomic mass is 16.5. The van der Waals surface area contributed by atoms with E-state index in [-0.39, 0.29) is 0 Å². The zero-order valence-corrected chi connectivity index (χ0v) is 11.2. The van der Waals surface area contributed by atoms with Crippen molar-refractivity contribution >= 4 is 0 Å². The van der Waals surface area contributed by atoms with E-state index < -0.39 is 0 Å². The maximum Gasteiger partial charge on any atom is 0.0582 e. The molecule has 3 rings (SSSR count). The smallest absolute Gasteiger partial charge is 0.0582 e. The van der Waals surface area contributed by atoms with Crippen LogP contribution in [0.1, 0.15) is 42.1 Å². The number of hydrogen-bond acceptors (Lipinski definition) is 3. The van der Waals surface area contributed by atoms with Crippen LogP contribution in [0, 0.1) is 6.92 Å². The minimum absolute atomic E-state index is 0.565. The molecule has 1 atom stereocenters. The van der Waals surface area contributed by atoms with Crippen LogP contribution in [0.15, 0.2) is 12.1 Å². The molecule has 0 radical (unpaired) electrons. The van der Waals surface area contributed by atoms with Crippen LogP contribution in [0.4, 0.5) is 0 Å². The van der Waals surface area contributed by atoms with Crippen LogP contribution in [0.25, 0.3) is 0 Å². The summed E-state index contributed by atoms with van der Waals surface area (Å²) in [5.74, 6) is 0.565. The topological polar surface area (TPSA) is 25.4 Å². The van der Waals surface area contributed by atoms with E-state index in [0.29, 0.717) is 5.92 Å². The Bertz CT molecular complexity index is 407. The highest BCUT2D eigenvalue weighted by Crippen LogP contribution is 2.28. The van der Waals surface area contributed by atoms with E-state index in [2.05, 4.69) is 24.0 Å². The van der Waals surface area contributed by atoms with Gasteiger partial charge in [-0.3, -0.25) is 9.88 Å². The van der Waals surface area contributed by atoms with Crippen molar-refractivity contribution in [3.05, 3.63) is 29.1 Å². The molecule has 3 nitrogen and oxygen atoms in total. The number of nitrogens with zero attached hydrogens (tertiary/aromatic N) is 2. The molecule has 18 heavy (non-hydrogen) atoms. The Hall–Kier alpha value is -0.930. The molecule has 2 aliphatic heterocycles. The number of pyridine rings is 1. The molecule has 0 unspecified atom stereocenters. The average Bonchev–Trinajstić information content (AvgIpc) is 3.01. The van der Waals surface area contributed by atoms with Gasteiger partial charge >= 0.3 is 0 Å². The number of rotatable bonds is 3. The normalized spacial score (nSPS) is 24.8. The molecule has 98 valence electrons. The van der Waals surface area contributed by atoms with Crippen molar-refractivity contribution in [3.8, 4) is 0 Å². The Labute approximate surface area is 109 Å². The fourth-order valence-corrected chi connectivity index (χ4v) is 3.05. The lowest BCUT2D eigenvalue weighted by Gasteiger charge is -2.19. The number of ether oxygens (including phenoxy) is 1. The van der Waals surface area contributed by atoms with Crippen LogP contribution in [0.2, 0.25) is 0 Å². The number of likely N-dealkylation sites (tertiary alicyclic amines) is 1. The second-order valence-electron chi connectivity index (χ2n) is 5.53. The maximum absolute atomic E-state index is 5.53. The Morgan fingerprint density at radius 2 is 2.17 bits per heavy atom. The molecular formula is C15H22N2O. The van der Waals surface area contributed by atoms with E-state index in [9.17, 15) is 0 Å². The van der Waals surface area contributed by atoms with E-state index in [1.54, 1.807) is 0 Å². The molecule has 0 bridgehead atoms. The van der Waals surface area contributed by atoms with Crippen molar-refractivity contribution in [1.82, 2.24) is 9.88 Å². The first kappa shape index (κ1) is 12.1. The van der Waals surface area contributed by atoms with Crippen molar-refractivity contribution in [2.24, 2.45) is 0 Å². The summed E-state index contributed by atoms with van der Waals surface area (Å²) in [5, 5.41) is 0. The lowest BCUT2D eigenvalue weighted by atomic mass is 9.96. The van der Waals surface area contributed by atoms with E-state index in [4.69, 9.17) is 9.72 Å². The molecule has 0 amide bonds. The molecule has 2 fully saturated rings. The van der Waals surface area contributed by atoms with Crippen LogP contribution in [0.3, 0.4) is 0 Å². The number of aryl methyl sites for hydroxylation is 1. The van der Waals surface area contributed by atoms with Gasteiger partial charge in [-0.05, 0) is 50.9 Å². The number of hydrogen-bond donors (Lipinski definition) is 0. The van der Waals surface area contributed by atoms with Gasteiger partial charge in [0.05, 0.1) is 12.3 Å². The SMILES string of the molecule is Cc1ccc([C@@H]2CCOC2)c(CN2CCCC2)n1. The molecule has 0 saturated carbocycles. The quantitative estimate of drug-likeness (QED) is 0.819. The summed E-state index contributed by atoms with van der Waals surface area (Å²) in [6.45, 7) is 7.35. The molecule has 0 N–H and O–H groups in total. The molecular weight excluding hydrogens is 224 g/mol. The third kappa shape index (κ3) is 2.57. The van der Waals surface area contributed by atoms with Crippen LogP contribution in [-0.4, -0.2) is 36.2 Å². The van der Waals surface area contributed by atoms with E-state index in [0.717, 1.165) is 31.9 Å². The summed E-state index contributed by atoms with van der Waals surface area (Å²) in [7, 11) is 0. The van der Waals surface area contributed by atoms with Crippen molar-refractivity contribution in [3.63, 3.8) is 0 Å². The van der Waals surface area contributed by atoms with Gasteiger partial charge in [-0.25, -0.2) is 0 Å². The summed E-state index contributed by atoms with van der Waals surface area (Å²) in [4.78, 5) is 7.31. The molecule has 1 aromatic rings. The third-order valence-electron chi connectivity index (χ3n) is 4.09. The molecule has 0 aliphatic carbocycles. The number of aromatic nitrogens is 1. The second-order valence-corrected chi connectivity index (χ2v) is 5.53. The average molecular weight is 246 g/mol. The highest BCUT2D eigenvalue weighted by Gasteiger charge is 2.23. The molecule has 0 spiro atoms. The lowest BCUT2D eigenvalue weighted by molar-refractivity contribution is 0.193. The Kier molecular flexibility index (Phi) is 3.62. The summed E-state index contributed by atoms with van der Waals surface area (Å²) < 4.78 is 5.53. The van der Waals surface area contributed by atoms with Gasteiger partial charge in [0.2, 0.25) is 0 Å². The molecule has 3 heterocycles. The van der Waals surface area contributed by atoms with Crippen molar-refractivity contribution < 1.29 is 4.74 Å². The van der Waals surface area contributed by atoms with Gasteiger partial charge in [0.25, 0.3) is 0 Å². The fourth-order valence-electron chi connectivity index (χ4n) is 3.05. The minimum atomic E-state index is 0.565. The largest absolute Gasteiger partial charge is 0.381 e. The van der Waals surface area contributed by atoms with Crippen molar-refractivity contribution in [2.75, 3.05) is 26.3 Å². The first-order valence-electron chi connectivity index (χ1n) is 7.09. The van der Waals surface area contributed by atoms with Crippen LogP contribution in [0.5, 0.6) is 0 Å². The molecule has 3 heteroatoms. The second kappa shape index (κ2) is 5.37.